The highest BCUT2D eigenvalue weighted by molar-refractivity contribution is 5.91. The first-order valence-electron chi connectivity index (χ1n) is 8.28. The smallest absolute Gasteiger partial charge is 0.319 e. The van der Waals surface area contributed by atoms with E-state index < -0.39 is 0 Å². The number of carbonyl (C=O) groups is 1. The van der Waals surface area contributed by atoms with Gasteiger partial charge in [0.05, 0.1) is 12.8 Å². The summed E-state index contributed by atoms with van der Waals surface area (Å²) in [4.78, 5) is 14.5. The molecule has 0 unspecified atom stereocenters. The van der Waals surface area contributed by atoms with Gasteiger partial charge in [0.25, 0.3) is 0 Å². The minimum Gasteiger partial charge on any atom is -0.495 e. The number of hydrogen-bond donors (Lipinski definition) is 2. The average Bonchev–Trinajstić information content (AvgIpc) is 3.15. The molecular formula is C19H23N3O2. The van der Waals surface area contributed by atoms with E-state index in [0.717, 1.165) is 24.3 Å². The summed E-state index contributed by atoms with van der Waals surface area (Å²) in [5, 5.41) is 5.76. The van der Waals surface area contributed by atoms with E-state index in [2.05, 4.69) is 15.5 Å². The van der Waals surface area contributed by atoms with Crippen molar-refractivity contribution in [2.75, 3.05) is 30.4 Å². The summed E-state index contributed by atoms with van der Waals surface area (Å²) in [6.45, 7) is 2.61. The van der Waals surface area contributed by atoms with Crippen molar-refractivity contribution in [1.82, 2.24) is 5.32 Å². The van der Waals surface area contributed by atoms with Crippen LogP contribution in [-0.2, 0) is 6.54 Å². The van der Waals surface area contributed by atoms with Crippen LogP contribution in [0.2, 0.25) is 0 Å². The lowest BCUT2D eigenvalue weighted by atomic mass is 10.2. The summed E-state index contributed by atoms with van der Waals surface area (Å²) in [6.07, 6.45) is 2.43. The van der Waals surface area contributed by atoms with Crippen LogP contribution in [0.5, 0.6) is 5.75 Å². The average molecular weight is 325 g/mol. The van der Waals surface area contributed by atoms with E-state index in [0.29, 0.717) is 18.0 Å². The van der Waals surface area contributed by atoms with Gasteiger partial charge in [0.15, 0.2) is 0 Å². The molecule has 0 aromatic heterocycles. The van der Waals surface area contributed by atoms with E-state index in [-0.39, 0.29) is 6.03 Å². The molecule has 2 aromatic rings. The molecule has 3 rings (SSSR count). The van der Waals surface area contributed by atoms with Crippen molar-refractivity contribution in [3.63, 3.8) is 0 Å². The van der Waals surface area contributed by atoms with Crippen LogP contribution in [0, 0.1) is 0 Å². The number of anilines is 2. The van der Waals surface area contributed by atoms with Crippen LogP contribution in [0.15, 0.2) is 48.5 Å². The molecule has 2 amide bonds. The second-order valence-electron chi connectivity index (χ2n) is 5.87. The van der Waals surface area contributed by atoms with Crippen molar-refractivity contribution in [2.45, 2.75) is 19.4 Å². The second-order valence-corrected chi connectivity index (χ2v) is 5.87. The van der Waals surface area contributed by atoms with Crippen LogP contribution in [-0.4, -0.2) is 26.2 Å². The zero-order valence-corrected chi connectivity index (χ0v) is 13.9. The maximum atomic E-state index is 12.2. The van der Waals surface area contributed by atoms with Gasteiger partial charge in [0, 0.05) is 25.3 Å². The number of ether oxygens (including phenoxy) is 1. The van der Waals surface area contributed by atoms with Crippen LogP contribution in [0.3, 0.4) is 0 Å². The number of rotatable bonds is 5. The molecule has 1 aliphatic heterocycles. The van der Waals surface area contributed by atoms with Gasteiger partial charge in [-0.3, -0.25) is 0 Å². The third kappa shape index (κ3) is 3.98. The lowest BCUT2D eigenvalue weighted by Gasteiger charge is -2.20. The quantitative estimate of drug-likeness (QED) is 0.883. The number of hydrogen-bond acceptors (Lipinski definition) is 3. The summed E-state index contributed by atoms with van der Waals surface area (Å²) < 4.78 is 5.37. The first-order chi connectivity index (χ1) is 11.8. The Morgan fingerprint density at radius 2 is 1.88 bits per heavy atom. The zero-order chi connectivity index (χ0) is 16.8. The summed E-state index contributed by atoms with van der Waals surface area (Å²) in [5.74, 6) is 0.660. The van der Waals surface area contributed by atoms with Crippen molar-refractivity contribution >= 4 is 17.4 Å². The van der Waals surface area contributed by atoms with Gasteiger partial charge in [-0.25, -0.2) is 4.79 Å². The fraction of sp³-hybridized carbons (Fsp3) is 0.316. The van der Waals surface area contributed by atoms with E-state index in [9.17, 15) is 4.79 Å². The molecule has 1 saturated heterocycles. The van der Waals surface area contributed by atoms with E-state index in [1.165, 1.54) is 12.8 Å². The van der Waals surface area contributed by atoms with Crippen molar-refractivity contribution in [1.29, 1.82) is 0 Å². The van der Waals surface area contributed by atoms with E-state index in [4.69, 9.17) is 4.74 Å². The summed E-state index contributed by atoms with van der Waals surface area (Å²) in [5.41, 5.74) is 2.87. The van der Waals surface area contributed by atoms with Gasteiger partial charge in [-0.2, -0.15) is 0 Å². The maximum absolute atomic E-state index is 12.2. The van der Waals surface area contributed by atoms with Crippen molar-refractivity contribution in [3.05, 3.63) is 54.1 Å². The Balaban J connectivity index is 1.66. The highest BCUT2D eigenvalue weighted by Gasteiger charge is 2.15. The minimum absolute atomic E-state index is 0.240. The first kappa shape index (κ1) is 16.2. The monoisotopic (exact) mass is 325 g/mol. The molecule has 5 heteroatoms. The highest BCUT2D eigenvalue weighted by atomic mass is 16.5. The van der Waals surface area contributed by atoms with Gasteiger partial charge in [0.2, 0.25) is 0 Å². The zero-order valence-electron chi connectivity index (χ0n) is 13.9. The Labute approximate surface area is 142 Å². The van der Waals surface area contributed by atoms with Gasteiger partial charge in [0.1, 0.15) is 5.75 Å². The van der Waals surface area contributed by atoms with Crippen molar-refractivity contribution < 1.29 is 9.53 Å². The Morgan fingerprint density at radius 1 is 1.12 bits per heavy atom. The number of benzene rings is 2. The van der Waals surface area contributed by atoms with Gasteiger partial charge >= 0.3 is 6.03 Å². The largest absolute Gasteiger partial charge is 0.495 e. The molecule has 0 bridgehead atoms. The maximum Gasteiger partial charge on any atom is 0.319 e. The van der Waals surface area contributed by atoms with Crippen LogP contribution >= 0.6 is 0 Å². The van der Waals surface area contributed by atoms with E-state index in [1.54, 1.807) is 7.11 Å². The number of amides is 2. The lowest BCUT2D eigenvalue weighted by molar-refractivity contribution is 0.251. The van der Waals surface area contributed by atoms with Crippen LogP contribution in [0.1, 0.15) is 18.4 Å². The summed E-state index contributed by atoms with van der Waals surface area (Å²) >= 11 is 0. The molecule has 126 valence electrons. The van der Waals surface area contributed by atoms with Gasteiger partial charge in [-0.15, -0.1) is 0 Å². The highest BCUT2D eigenvalue weighted by Crippen LogP contribution is 2.31. The third-order valence-corrected chi connectivity index (χ3v) is 4.20. The molecule has 0 aliphatic carbocycles. The molecule has 0 spiro atoms. The molecule has 24 heavy (non-hydrogen) atoms. The third-order valence-electron chi connectivity index (χ3n) is 4.20. The Kier molecular flexibility index (Phi) is 5.21. The van der Waals surface area contributed by atoms with E-state index in [1.807, 2.05) is 48.5 Å². The molecule has 0 radical (unpaired) electrons. The molecule has 2 N–H and O–H groups in total. The first-order valence-corrected chi connectivity index (χ1v) is 8.28. The van der Waals surface area contributed by atoms with Gasteiger partial charge in [-0.05, 0) is 36.6 Å². The normalized spacial score (nSPS) is 13.6. The Bertz CT molecular complexity index is 682. The molecule has 1 heterocycles. The van der Waals surface area contributed by atoms with Crippen LogP contribution in [0.25, 0.3) is 0 Å². The van der Waals surface area contributed by atoms with Crippen LogP contribution in [0.4, 0.5) is 16.2 Å². The van der Waals surface area contributed by atoms with Crippen molar-refractivity contribution in [2.24, 2.45) is 0 Å². The molecule has 1 aliphatic rings. The SMILES string of the molecule is COc1ccc(N2CCCC2)cc1NC(=O)NCc1ccccc1. The lowest BCUT2D eigenvalue weighted by Crippen LogP contribution is -2.28. The van der Waals surface area contributed by atoms with Crippen molar-refractivity contribution in [3.8, 4) is 5.75 Å². The number of urea groups is 1. The minimum atomic E-state index is -0.240. The van der Waals surface area contributed by atoms with Crippen LogP contribution < -0.4 is 20.3 Å². The molecule has 2 aromatic carbocycles. The van der Waals surface area contributed by atoms with Gasteiger partial charge in [-0.1, -0.05) is 30.3 Å². The fourth-order valence-corrected chi connectivity index (χ4v) is 2.91. The number of methoxy groups -OCH3 is 1. The number of nitrogens with zero attached hydrogens (tertiary/aromatic N) is 1. The predicted octanol–water partition coefficient (Wildman–Crippen LogP) is 3.62. The fourth-order valence-electron chi connectivity index (χ4n) is 2.91. The second kappa shape index (κ2) is 7.73. The Hall–Kier alpha value is -2.69. The molecule has 0 saturated carbocycles. The Morgan fingerprint density at radius 3 is 2.58 bits per heavy atom. The molecule has 0 atom stereocenters. The molecule has 1 fully saturated rings. The predicted molar refractivity (Wildman–Crippen MR) is 96.7 cm³/mol. The summed E-state index contributed by atoms with van der Waals surface area (Å²) in [6, 6.07) is 15.5. The van der Waals surface area contributed by atoms with Gasteiger partial charge < -0.3 is 20.3 Å². The number of carbonyl (C=O) groups excluding carboxylic acids is 1. The standard InChI is InChI=1S/C19H23N3O2/c1-24-18-10-9-16(22-11-5-6-12-22)13-17(18)21-19(23)20-14-15-7-3-2-4-8-15/h2-4,7-10,13H,5-6,11-12,14H2,1H3,(H2,20,21,23). The van der Waals surface area contributed by atoms with E-state index >= 15 is 0 Å². The molecular weight excluding hydrogens is 302 g/mol. The topological polar surface area (TPSA) is 53.6 Å². The summed E-state index contributed by atoms with van der Waals surface area (Å²) in [7, 11) is 1.61. The molecule has 5 nitrogen and oxygen atoms in total. The number of nitrogens with one attached hydrogen (secondary N) is 2.